The first kappa shape index (κ1) is 15.5. The summed E-state index contributed by atoms with van der Waals surface area (Å²) in [5.74, 6) is -0.568. The highest BCUT2D eigenvalue weighted by atomic mass is 35.5. The van der Waals surface area contributed by atoms with Crippen LogP contribution < -0.4 is 10.9 Å². The van der Waals surface area contributed by atoms with Crippen molar-refractivity contribution in [2.75, 3.05) is 12.4 Å². The highest BCUT2D eigenvalue weighted by Crippen LogP contribution is 2.19. The molecule has 0 bridgehead atoms. The van der Waals surface area contributed by atoms with Gasteiger partial charge in [0.1, 0.15) is 11.6 Å². The lowest BCUT2D eigenvalue weighted by atomic mass is 10.3. The summed E-state index contributed by atoms with van der Waals surface area (Å²) < 4.78 is 5.44. The molecule has 112 valence electrons. The van der Waals surface area contributed by atoms with Gasteiger partial charge in [-0.2, -0.15) is 5.10 Å². The van der Waals surface area contributed by atoms with E-state index in [9.17, 15) is 9.59 Å². The Hall–Kier alpha value is -1.93. The summed E-state index contributed by atoms with van der Waals surface area (Å²) in [4.78, 5) is 28.3. The van der Waals surface area contributed by atoms with E-state index in [1.807, 2.05) is 6.92 Å². The number of anilines is 1. The average Bonchev–Trinajstić information content (AvgIpc) is 2.88. The van der Waals surface area contributed by atoms with Crippen molar-refractivity contribution in [2.45, 2.75) is 20.0 Å². The Balaban J connectivity index is 2.15. The molecule has 0 saturated heterocycles. The van der Waals surface area contributed by atoms with Crippen molar-refractivity contribution in [3.05, 3.63) is 37.7 Å². The fourth-order valence-corrected chi connectivity index (χ4v) is 2.49. The molecule has 7 nitrogen and oxygen atoms in total. The summed E-state index contributed by atoms with van der Waals surface area (Å²) in [6, 6.07) is 0. The third kappa shape index (κ3) is 3.59. The molecule has 2 rings (SSSR count). The van der Waals surface area contributed by atoms with E-state index in [1.54, 1.807) is 5.51 Å². The van der Waals surface area contributed by atoms with Crippen LogP contribution in [0.15, 0.2) is 16.5 Å². The van der Waals surface area contributed by atoms with Gasteiger partial charge >= 0.3 is 5.97 Å². The third-order valence-corrected chi connectivity index (χ3v) is 4.08. The van der Waals surface area contributed by atoms with Crippen molar-refractivity contribution in [1.82, 2.24) is 14.8 Å². The predicted molar refractivity (Wildman–Crippen MR) is 79.7 cm³/mol. The van der Waals surface area contributed by atoms with Crippen molar-refractivity contribution in [3.63, 3.8) is 0 Å². The molecular weight excluding hydrogens is 316 g/mol. The number of methoxy groups -OCH3 is 1. The Bertz CT molecular complexity index is 713. The van der Waals surface area contributed by atoms with Crippen LogP contribution in [0.4, 0.5) is 5.69 Å². The van der Waals surface area contributed by atoms with Gasteiger partial charge in [0.25, 0.3) is 5.56 Å². The molecule has 2 aromatic rings. The molecule has 0 unspecified atom stereocenters. The van der Waals surface area contributed by atoms with Crippen LogP contribution in [0.2, 0.25) is 5.02 Å². The first-order valence-electron chi connectivity index (χ1n) is 5.98. The van der Waals surface area contributed by atoms with Gasteiger partial charge in [0.15, 0.2) is 0 Å². The average molecular weight is 329 g/mol. The van der Waals surface area contributed by atoms with Gasteiger partial charge in [-0.15, -0.1) is 11.3 Å². The van der Waals surface area contributed by atoms with Crippen LogP contribution in [0.1, 0.15) is 10.6 Å². The molecule has 0 atom stereocenters. The van der Waals surface area contributed by atoms with Gasteiger partial charge in [0, 0.05) is 4.88 Å². The minimum absolute atomic E-state index is 0.0175. The fraction of sp³-hybridized carbons (Fsp3) is 0.333. The number of carbonyl (C=O) groups is 1. The number of hydrogen-bond acceptors (Lipinski definition) is 7. The quantitative estimate of drug-likeness (QED) is 0.836. The number of nitrogens with one attached hydrogen (secondary N) is 1. The summed E-state index contributed by atoms with van der Waals surface area (Å²) in [5, 5.41) is 6.91. The van der Waals surface area contributed by atoms with E-state index in [0.717, 1.165) is 15.3 Å². The number of thiazole rings is 1. The van der Waals surface area contributed by atoms with Gasteiger partial charge in [-0.25, -0.2) is 9.67 Å². The molecule has 0 aliphatic rings. The molecule has 0 spiro atoms. The number of aromatic nitrogens is 3. The molecule has 0 aliphatic heterocycles. The monoisotopic (exact) mass is 328 g/mol. The largest absolute Gasteiger partial charge is 0.468 e. The molecule has 0 radical (unpaired) electrons. The van der Waals surface area contributed by atoms with Crippen LogP contribution >= 0.6 is 22.9 Å². The zero-order valence-corrected chi connectivity index (χ0v) is 13.0. The number of ether oxygens (including phenoxy) is 1. The van der Waals surface area contributed by atoms with Crippen molar-refractivity contribution >= 4 is 34.6 Å². The molecule has 9 heteroatoms. The molecule has 0 amide bonds. The van der Waals surface area contributed by atoms with Crippen LogP contribution in [0.25, 0.3) is 0 Å². The summed E-state index contributed by atoms with van der Waals surface area (Å²) in [5.41, 5.74) is 2.54. The second-order valence-electron chi connectivity index (χ2n) is 4.13. The zero-order valence-electron chi connectivity index (χ0n) is 11.4. The van der Waals surface area contributed by atoms with Crippen molar-refractivity contribution in [1.29, 1.82) is 0 Å². The minimum atomic E-state index is -0.568. The standard InChI is InChI=1S/C12H13ClN4O3S/c1-7-9(21-6-15-7)4-14-8-3-16-17(5-10(18)20-2)12(19)11(8)13/h3,6,14H,4-5H2,1-2H3. The molecule has 0 fully saturated rings. The van der Waals surface area contributed by atoms with Gasteiger partial charge in [-0.3, -0.25) is 9.59 Å². The molecule has 2 aromatic heterocycles. The predicted octanol–water partition coefficient (Wildman–Crippen LogP) is 1.45. The zero-order chi connectivity index (χ0) is 15.4. The normalized spacial score (nSPS) is 10.4. The Morgan fingerprint density at radius 2 is 2.33 bits per heavy atom. The summed E-state index contributed by atoms with van der Waals surface area (Å²) in [7, 11) is 1.24. The summed E-state index contributed by atoms with van der Waals surface area (Å²) in [6.45, 7) is 2.13. The Kier molecular flexibility index (Phi) is 4.92. The van der Waals surface area contributed by atoms with Crippen LogP contribution in [-0.4, -0.2) is 27.8 Å². The fourth-order valence-electron chi connectivity index (χ4n) is 1.56. The Labute approximate surface area is 129 Å². The summed E-state index contributed by atoms with van der Waals surface area (Å²) >= 11 is 7.52. The smallest absolute Gasteiger partial charge is 0.327 e. The van der Waals surface area contributed by atoms with E-state index < -0.39 is 11.5 Å². The van der Waals surface area contributed by atoms with Crippen molar-refractivity contribution in [2.24, 2.45) is 0 Å². The maximum Gasteiger partial charge on any atom is 0.327 e. The number of esters is 1. The number of rotatable bonds is 5. The first-order chi connectivity index (χ1) is 10.0. The second-order valence-corrected chi connectivity index (χ2v) is 5.44. The lowest BCUT2D eigenvalue weighted by Crippen LogP contribution is -2.28. The number of nitrogens with zero attached hydrogens (tertiary/aromatic N) is 3. The Morgan fingerprint density at radius 1 is 1.57 bits per heavy atom. The molecule has 1 N–H and O–H groups in total. The summed E-state index contributed by atoms with van der Waals surface area (Å²) in [6.07, 6.45) is 1.41. The maximum absolute atomic E-state index is 12.0. The molecule has 21 heavy (non-hydrogen) atoms. The molecule has 0 aromatic carbocycles. The van der Waals surface area contributed by atoms with Crippen LogP contribution in [0, 0.1) is 6.92 Å². The highest BCUT2D eigenvalue weighted by molar-refractivity contribution is 7.09. The van der Waals surface area contributed by atoms with Gasteiger partial charge < -0.3 is 10.1 Å². The van der Waals surface area contributed by atoms with E-state index in [0.29, 0.717) is 12.2 Å². The highest BCUT2D eigenvalue weighted by Gasteiger charge is 2.12. The number of carbonyl (C=O) groups excluding carboxylic acids is 1. The molecule has 0 saturated carbocycles. The molecular formula is C12H13ClN4O3S. The third-order valence-electron chi connectivity index (χ3n) is 2.78. The van der Waals surface area contributed by atoms with Crippen LogP contribution in [0.3, 0.4) is 0 Å². The van der Waals surface area contributed by atoms with Gasteiger partial charge in [0.05, 0.1) is 36.7 Å². The van der Waals surface area contributed by atoms with Crippen molar-refractivity contribution < 1.29 is 9.53 Å². The number of aryl methyl sites for hydroxylation is 1. The number of halogens is 1. The van der Waals surface area contributed by atoms with E-state index >= 15 is 0 Å². The van der Waals surface area contributed by atoms with Crippen LogP contribution in [0.5, 0.6) is 0 Å². The van der Waals surface area contributed by atoms with Gasteiger partial charge in [-0.05, 0) is 6.92 Å². The van der Waals surface area contributed by atoms with Crippen molar-refractivity contribution in [3.8, 4) is 0 Å². The number of hydrogen-bond donors (Lipinski definition) is 1. The first-order valence-corrected chi connectivity index (χ1v) is 7.24. The Morgan fingerprint density at radius 3 is 2.95 bits per heavy atom. The SMILES string of the molecule is COC(=O)Cn1ncc(NCc2scnc2C)c(Cl)c1=O. The van der Waals surface area contributed by atoms with E-state index in [-0.39, 0.29) is 11.6 Å². The lowest BCUT2D eigenvalue weighted by Gasteiger charge is -2.09. The van der Waals surface area contributed by atoms with E-state index in [2.05, 4.69) is 20.1 Å². The lowest BCUT2D eigenvalue weighted by molar-refractivity contribution is -0.141. The maximum atomic E-state index is 12.0. The molecule has 0 aliphatic carbocycles. The minimum Gasteiger partial charge on any atom is -0.468 e. The van der Waals surface area contributed by atoms with Crippen LogP contribution in [-0.2, 0) is 22.6 Å². The topological polar surface area (TPSA) is 86.1 Å². The molecule has 2 heterocycles. The van der Waals surface area contributed by atoms with Gasteiger partial charge in [0.2, 0.25) is 0 Å². The second kappa shape index (κ2) is 6.68. The van der Waals surface area contributed by atoms with E-state index in [1.165, 1.54) is 24.6 Å². The van der Waals surface area contributed by atoms with Gasteiger partial charge in [-0.1, -0.05) is 11.6 Å². The van der Waals surface area contributed by atoms with E-state index in [4.69, 9.17) is 11.6 Å².